The molecular formula is C14H27N5O3. The highest BCUT2D eigenvalue weighted by molar-refractivity contribution is 5.86. The van der Waals surface area contributed by atoms with Crippen LogP contribution in [0.25, 0.3) is 0 Å². The van der Waals surface area contributed by atoms with Gasteiger partial charge in [0.2, 0.25) is 11.8 Å². The summed E-state index contributed by atoms with van der Waals surface area (Å²) in [7, 11) is 3.24. The van der Waals surface area contributed by atoms with Gasteiger partial charge in [0.05, 0.1) is 13.2 Å². The summed E-state index contributed by atoms with van der Waals surface area (Å²) in [5.74, 6) is 0.622. The van der Waals surface area contributed by atoms with Crippen molar-refractivity contribution in [1.29, 1.82) is 0 Å². The number of hydrogen-bond acceptors (Lipinski definition) is 4. The van der Waals surface area contributed by atoms with Crippen molar-refractivity contribution in [1.82, 2.24) is 20.9 Å². The normalized spacial score (nSPS) is 18.2. The topological polar surface area (TPSA) is 95.1 Å². The van der Waals surface area contributed by atoms with Crippen molar-refractivity contribution in [2.75, 3.05) is 46.9 Å². The van der Waals surface area contributed by atoms with Crippen molar-refractivity contribution in [2.45, 2.75) is 25.8 Å². The predicted octanol–water partition coefficient (Wildman–Crippen LogP) is -1.08. The fourth-order valence-corrected chi connectivity index (χ4v) is 2.24. The number of carbonyl (C=O) groups excluding carboxylic acids is 2. The van der Waals surface area contributed by atoms with E-state index < -0.39 is 0 Å². The van der Waals surface area contributed by atoms with Crippen LogP contribution in [0.4, 0.5) is 0 Å². The van der Waals surface area contributed by atoms with Crippen LogP contribution in [0.2, 0.25) is 0 Å². The number of amides is 2. The molecule has 0 aromatic heterocycles. The average Bonchev–Trinajstić information content (AvgIpc) is 2.99. The zero-order valence-electron chi connectivity index (χ0n) is 13.6. The summed E-state index contributed by atoms with van der Waals surface area (Å²) in [6, 6.07) is 0.165. The summed E-state index contributed by atoms with van der Waals surface area (Å²) >= 11 is 0. The summed E-state index contributed by atoms with van der Waals surface area (Å²) in [5, 5.41) is 8.93. The Morgan fingerprint density at radius 3 is 2.77 bits per heavy atom. The fourth-order valence-electron chi connectivity index (χ4n) is 2.24. The third-order valence-corrected chi connectivity index (χ3v) is 3.45. The van der Waals surface area contributed by atoms with Crippen molar-refractivity contribution in [2.24, 2.45) is 4.99 Å². The molecule has 1 rings (SSSR count). The van der Waals surface area contributed by atoms with E-state index in [2.05, 4.69) is 20.9 Å². The van der Waals surface area contributed by atoms with Crippen LogP contribution in [0.15, 0.2) is 4.99 Å². The maximum absolute atomic E-state index is 11.6. The van der Waals surface area contributed by atoms with Gasteiger partial charge in [0, 0.05) is 46.3 Å². The lowest BCUT2D eigenvalue weighted by molar-refractivity contribution is -0.129. The van der Waals surface area contributed by atoms with E-state index in [4.69, 9.17) is 4.74 Å². The molecule has 1 aliphatic heterocycles. The number of nitrogens with one attached hydrogen (secondary N) is 3. The lowest BCUT2D eigenvalue weighted by Crippen LogP contribution is -2.48. The minimum absolute atomic E-state index is 0.116. The van der Waals surface area contributed by atoms with Crippen LogP contribution in [0, 0.1) is 0 Å². The molecule has 1 atom stereocenters. The molecule has 1 aliphatic rings. The number of methoxy groups -OCH3 is 1. The minimum Gasteiger partial charge on any atom is -0.383 e. The maximum Gasteiger partial charge on any atom is 0.239 e. The number of likely N-dealkylation sites (tertiary alicyclic amines) is 1. The second-order valence-electron chi connectivity index (χ2n) is 5.09. The highest BCUT2D eigenvalue weighted by atomic mass is 16.5. The molecule has 3 N–H and O–H groups in total. The van der Waals surface area contributed by atoms with E-state index in [1.54, 1.807) is 14.2 Å². The number of hydrogen-bond donors (Lipinski definition) is 3. The van der Waals surface area contributed by atoms with Crippen LogP contribution in [-0.4, -0.2) is 75.7 Å². The molecular weight excluding hydrogens is 286 g/mol. The number of rotatable bonds is 7. The van der Waals surface area contributed by atoms with Crippen LogP contribution in [0.3, 0.4) is 0 Å². The van der Waals surface area contributed by atoms with Crippen molar-refractivity contribution in [3.05, 3.63) is 0 Å². The molecule has 1 heterocycles. The van der Waals surface area contributed by atoms with Crippen molar-refractivity contribution in [3.63, 3.8) is 0 Å². The minimum atomic E-state index is -0.116. The zero-order chi connectivity index (χ0) is 16.4. The van der Waals surface area contributed by atoms with Crippen LogP contribution >= 0.6 is 0 Å². The second-order valence-corrected chi connectivity index (χ2v) is 5.09. The van der Waals surface area contributed by atoms with E-state index in [0.717, 1.165) is 13.0 Å². The standard InChI is InChI=1S/C14H27N5O3/c1-4-13(21)19-7-5-11(10-19)18-14(15-2)17-9-12(20)16-6-8-22-3/h11H,4-10H2,1-3H3,(H,16,20)(H2,15,17,18). The van der Waals surface area contributed by atoms with E-state index in [1.807, 2.05) is 11.8 Å². The number of aliphatic imine (C=N–C) groups is 1. The zero-order valence-corrected chi connectivity index (χ0v) is 13.6. The van der Waals surface area contributed by atoms with Crippen molar-refractivity contribution in [3.8, 4) is 0 Å². The molecule has 126 valence electrons. The summed E-state index contributed by atoms with van der Waals surface area (Å²) in [6.07, 6.45) is 1.41. The molecule has 0 spiro atoms. The quantitative estimate of drug-likeness (QED) is 0.316. The maximum atomic E-state index is 11.6. The number of ether oxygens (including phenoxy) is 1. The Balaban J connectivity index is 2.28. The monoisotopic (exact) mass is 313 g/mol. The van der Waals surface area contributed by atoms with Gasteiger partial charge in [0.15, 0.2) is 5.96 Å². The van der Waals surface area contributed by atoms with Crippen LogP contribution in [0.5, 0.6) is 0 Å². The molecule has 0 aliphatic carbocycles. The smallest absolute Gasteiger partial charge is 0.239 e. The van der Waals surface area contributed by atoms with Crippen molar-refractivity contribution >= 4 is 17.8 Å². The fraction of sp³-hybridized carbons (Fsp3) is 0.786. The average molecular weight is 313 g/mol. The van der Waals surface area contributed by atoms with Crippen LogP contribution < -0.4 is 16.0 Å². The van der Waals surface area contributed by atoms with Gasteiger partial charge in [-0.1, -0.05) is 6.92 Å². The molecule has 1 saturated heterocycles. The van der Waals surface area contributed by atoms with Crippen molar-refractivity contribution < 1.29 is 14.3 Å². The van der Waals surface area contributed by atoms with Gasteiger partial charge in [-0.3, -0.25) is 14.6 Å². The molecule has 1 unspecified atom stereocenters. The molecule has 22 heavy (non-hydrogen) atoms. The Labute approximate surface area is 131 Å². The van der Waals surface area contributed by atoms with Gasteiger partial charge in [-0.15, -0.1) is 0 Å². The summed E-state index contributed by atoms with van der Waals surface area (Å²) in [4.78, 5) is 29.2. The summed E-state index contributed by atoms with van der Waals surface area (Å²) in [5.41, 5.74) is 0. The van der Waals surface area contributed by atoms with Gasteiger partial charge >= 0.3 is 0 Å². The van der Waals surface area contributed by atoms with Crippen LogP contribution in [0.1, 0.15) is 19.8 Å². The molecule has 1 fully saturated rings. The Morgan fingerprint density at radius 1 is 1.36 bits per heavy atom. The summed E-state index contributed by atoms with van der Waals surface area (Å²) < 4.78 is 4.86. The van der Waals surface area contributed by atoms with E-state index in [0.29, 0.717) is 32.1 Å². The number of guanidine groups is 1. The Hall–Kier alpha value is -1.83. The van der Waals surface area contributed by atoms with Gasteiger partial charge in [-0.25, -0.2) is 0 Å². The molecule has 8 nitrogen and oxygen atoms in total. The lowest BCUT2D eigenvalue weighted by atomic mass is 10.3. The van der Waals surface area contributed by atoms with Gasteiger partial charge in [0.25, 0.3) is 0 Å². The van der Waals surface area contributed by atoms with Gasteiger partial charge in [-0.2, -0.15) is 0 Å². The van der Waals surface area contributed by atoms with Gasteiger partial charge in [-0.05, 0) is 6.42 Å². The Bertz CT molecular complexity index is 400. The Morgan fingerprint density at radius 2 is 2.14 bits per heavy atom. The third-order valence-electron chi connectivity index (χ3n) is 3.45. The third kappa shape index (κ3) is 6.30. The number of carbonyl (C=O) groups is 2. The largest absolute Gasteiger partial charge is 0.383 e. The van der Waals surface area contributed by atoms with Gasteiger partial charge in [0.1, 0.15) is 0 Å². The van der Waals surface area contributed by atoms with E-state index in [-0.39, 0.29) is 24.4 Å². The van der Waals surface area contributed by atoms with Crippen LogP contribution in [-0.2, 0) is 14.3 Å². The van der Waals surface area contributed by atoms with E-state index >= 15 is 0 Å². The first-order valence-electron chi connectivity index (χ1n) is 7.61. The first kappa shape index (κ1) is 18.2. The molecule has 2 amide bonds. The van der Waals surface area contributed by atoms with E-state index in [1.165, 1.54) is 0 Å². The highest BCUT2D eigenvalue weighted by Gasteiger charge is 2.25. The number of nitrogens with zero attached hydrogens (tertiary/aromatic N) is 2. The van der Waals surface area contributed by atoms with Gasteiger partial charge < -0.3 is 25.6 Å². The summed E-state index contributed by atoms with van der Waals surface area (Å²) in [6.45, 7) is 4.42. The predicted molar refractivity (Wildman–Crippen MR) is 84.7 cm³/mol. The lowest BCUT2D eigenvalue weighted by Gasteiger charge is -2.18. The second kappa shape index (κ2) is 9.99. The highest BCUT2D eigenvalue weighted by Crippen LogP contribution is 2.10. The van der Waals surface area contributed by atoms with E-state index in [9.17, 15) is 9.59 Å². The molecule has 0 radical (unpaired) electrons. The molecule has 0 bridgehead atoms. The molecule has 0 aromatic carbocycles. The molecule has 0 saturated carbocycles. The first-order chi connectivity index (χ1) is 10.6. The molecule has 0 aromatic rings. The molecule has 8 heteroatoms. The first-order valence-corrected chi connectivity index (χ1v) is 7.61. The Kier molecular flexibility index (Phi) is 8.27. The SMILES string of the molecule is CCC(=O)N1CCC(NC(=NC)NCC(=O)NCCOC)C1.